The Hall–Kier alpha value is -3.98. The molecule has 0 saturated carbocycles. The Bertz CT molecular complexity index is 1210. The molecule has 0 spiro atoms. The molecular weight excluding hydrogens is 442 g/mol. The number of rotatable bonds is 8. The summed E-state index contributed by atoms with van der Waals surface area (Å²) in [6.45, 7) is 0.343. The summed E-state index contributed by atoms with van der Waals surface area (Å²) in [5.41, 5.74) is 1.74. The number of carbonyl (C=O) groups excluding carboxylic acids is 3. The smallest absolute Gasteiger partial charge is 0.269 e. The van der Waals surface area contributed by atoms with E-state index in [1.54, 1.807) is 42.1 Å². The van der Waals surface area contributed by atoms with Gasteiger partial charge in [-0.25, -0.2) is 0 Å². The molecule has 0 radical (unpaired) electrons. The number of amides is 3. The third kappa shape index (κ3) is 4.93. The van der Waals surface area contributed by atoms with Crippen LogP contribution in [0.5, 0.6) is 0 Å². The molecule has 33 heavy (non-hydrogen) atoms. The largest absolute Gasteiger partial charge is 0.322 e. The first kappa shape index (κ1) is 22.2. The van der Waals surface area contributed by atoms with Crippen LogP contribution < -0.4 is 5.32 Å². The topological polar surface area (TPSA) is 110 Å². The van der Waals surface area contributed by atoms with Gasteiger partial charge in [0.25, 0.3) is 23.4 Å². The summed E-state index contributed by atoms with van der Waals surface area (Å²) in [6.07, 6.45) is 0.634. The van der Waals surface area contributed by atoms with E-state index in [0.717, 1.165) is 4.90 Å². The van der Waals surface area contributed by atoms with Crippen LogP contribution in [-0.4, -0.2) is 39.8 Å². The number of imide groups is 1. The Morgan fingerprint density at radius 2 is 1.61 bits per heavy atom. The van der Waals surface area contributed by atoms with Crippen LogP contribution >= 0.6 is 11.8 Å². The fraction of sp³-hybridized carbons (Fsp3) is 0.125. The summed E-state index contributed by atoms with van der Waals surface area (Å²) < 4.78 is 0. The van der Waals surface area contributed by atoms with Gasteiger partial charge < -0.3 is 5.32 Å². The van der Waals surface area contributed by atoms with Gasteiger partial charge in [0.2, 0.25) is 0 Å². The summed E-state index contributed by atoms with van der Waals surface area (Å²) >= 11 is 1.56. The van der Waals surface area contributed by atoms with Crippen molar-refractivity contribution in [1.29, 1.82) is 0 Å². The highest BCUT2D eigenvalue weighted by Gasteiger charge is 2.34. The van der Waals surface area contributed by atoms with Crippen molar-refractivity contribution in [3.05, 3.63) is 99.6 Å². The zero-order valence-corrected chi connectivity index (χ0v) is 18.2. The van der Waals surface area contributed by atoms with E-state index in [0.29, 0.717) is 41.1 Å². The molecule has 3 aromatic rings. The van der Waals surface area contributed by atoms with Crippen LogP contribution in [-0.2, 0) is 0 Å². The minimum Gasteiger partial charge on any atom is -0.322 e. The number of non-ortho nitro benzene ring substituents is 1. The average molecular weight is 461 g/mol. The Balaban J connectivity index is 1.29. The van der Waals surface area contributed by atoms with Gasteiger partial charge in [0.15, 0.2) is 0 Å². The van der Waals surface area contributed by atoms with E-state index in [1.165, 1.54) is 29.2 Å². The number of anilines is 1. The SMILES string of the molecule is O=C(Nc1cccc(SCCCN2C(=O)c3ccccc3C2=O)c1)c1ccc([N+](=O)[O-])cc1. The van der Waals surface area contributed by atoms with Gasteiger partial charge in [-0.15, -0.1) is 11.8 Å². The second-order valence-electron chi connectivity index (χ2n) is 7.30. The lowest BCUT2D eigenvalue weighted by Gasteiger charge is -2.13. The van der Waals surface area contributed by atoms with E-state index >= 15 is 0 Å². The number of benzene rings is 3. The molecule has 3 amide bonds. The number of carbonyl (C=O) groups is 3. The van der Waals surface area contributed by atoms with Gasteiger partial charge in [0.05, 0.1) is 16.1 Å². The number of nitro benzene ring substituents is 1. The van der Waals surface area contributed by atoms with E-state index in [1.807, 2.05) is 18.2 Å². The lowest BCUT2D eigenvalue weighted by atomic mass is 10.1. The highest BCUT2D eigenvalue weighted by Crippen LogP contribution is 2.25. The molecule has 0 bridgehead atoms. The van der Waals surface area contributed by atoms with Gasteiger partial charge in [-0.05, 0) is 54.6 Å². The van der Waals surface area contributed by atoms with Crippen LogP contribution in [0.3, 0.4) is 0 Å². The van der Waals surface area contributed by atoms with Gasteiger partial charge in [0, 0.05) is 34.8 Å². The summed E-state index contributed by atoms with van der Waals surface area (Å²) in [5, 5.41) is 13.5. The van der Waals surface area contributed by atoms with Crippen molar-refractivity contribution < 1.29 is 19.3 Å². The first-order valence-corrected chi connectivity index (χ1v) is 11.2. The van der Waals surface area contributed by atoms with Crippen LogP contribution in [0.15, 0.2) is 77.7 Å². The molecule has 0 unspecified atom stereocenters. The number of hydrogen-bond acceptors (Lipinski definition) is 6. The number of nitrogens with zero attached hydrogens (tertiary/aromatic N) is 2. The molecule has 4 rings (SSSR count). The average Bonchev–Trinajstić information content (AvgIpc) is 3.07. The van der Waals surface area contributed by atoms with Crippen molar-refractivity contribution in [2.24, 2.45) is 0 Å². The van der Waals surface area contributed by atoms with Gasteiger partial charge in [0.1, 0.15) is 0 Å². The minimum atomic E-state index is -0.517. The first-order valence-electron chi connectivity index (χ1n) is 10.2. The molecule has 1 aliphatic heterocycles. The molecule has 0 aromatic heterocycles. The standard InChI is InChI=1S/C24H19N3O5S/c28-22(16-9-11-18(12-10-16)27(31)32)25-17-5-3-6-19(15-17)33-14-4-13-26-23(29)20-7-1-2-8-21(20)24(26)30/h1-3,5-12,15H,4,13-14H2,(H,25,28). The number of nitro groups is 1. The minimum absolute atomic E-state index is 0.0776. The molecule has 1 aliphatic rings. The van der Waals surface area contributed by atoms with Crippen LogP contribution in [0.2, 0.25) is 0 Å². The van der Waals surface area contributed by atoms with Crippen molar-refractivity contribution in [3.8, 4) is 0 Å². The molecule has 1 N–H and O–H groups in total. The van der Waals surface area contributed by atoms with Gasteiger partial charge in [-0.1, -0.05) is 18.2 Å². The summed E-state index contributed by atoms with van der Waals surface area (Å²) in [5.74, 6) is -0.182. The van der Waals surface area contributed by atoms with E-state index in [4.69, 9.17) is 0 Å². The van der Waals surface area contributed by atoms with E-state index < -0.39 is 4.92 Å². The predicted octanol–water partition coefficient (Wildman–Crippen LogP) is 4.63. The van der Waals surface area contributed by atoms with Gasteiger partial charge in [-0.2, -0.15) is 0 Å². The zero-order chi connectivity index (χ0) is 23.4. The van der Waals surface area contributed by atoms with Crippen molar-refractivity contribution in [2.45, 2.75) is 11.3 Å². The fourth-order valence-electron chi connectivity index (χ4n) is 3.46. The lowest BCUT2D eigenvalue weighted by molar-refractivity contribution is -0.384. The van der Waals surface area contributed by atoms with E-state index in [2.05, 4.69) is 5.32 Å². The van der Waals surface area contributed by atoms with Crippen LogP contribution in [0, 0.1) is 10.1 Å². The summed E-state index contributed by atoms with van der Waals surface area (Å²) in [6, 6.07) is 19.5. The molecule has 3 aromatic carbocycles. The fourth-order valence-corrected chi connectivity index (χ4v) is 4.35. The molecule has 8 nitrogen and oxygen atoms in total. The molecule has 9 heteroatoms. The highest BCUT2D eigenvalue weighted by atomic mass is 32.2. The normalized spacial score (nSPS) is 12.5. The third-order valence-corrected chi connectivity index (χ3v) is 6.19. The number of nitrogens with one attached hydrogen (secondary N) is 1. The van der Waals surface area contributed by atoms with Crippen molar-refractivity contribution in [1.82, 2.24) is 4.90 Å². The van der Waals surface area contributed by atoms with Crippen molar-refractivity contribution >= 4 is 40.9 Å². The van der Waals surface area contributed by atoms with Crippen LogP contribution in [0.25, 0.3) is 0 Å². The molecule has 0 saturated heterocycles. The maximum Gasteiger partial charge on any atom is 0.269 e. The second kappa shape index (κ2) is 9.66. The van der Waals surface area contributed by atoms with Gasteiger partial charge in [-0.3, -0.25) is 29.4 Å². The molecule has 1 heterocycles. The van der Waals surface area contributed by atoms with Gasteiger partial charge >= 0.3 is 0 Å². The van der Waals surface area contributed by atoms with Crippen molar-refractivity contribution in [2.75, 3.05) is 17.6 Å². The maximum atomic E-state index is 12.4. The van der Waals surface area contributed by atoms with Crippen LogP contribution in [0.4, 0.5) is 11.4 Å². The quantitative estimate of drug-likeness (QED) is 0.172. The Morgan fingerprint density at radius 3 is 2.24 bits per heavy atom. The number of fused-ring (bicyclic) bond motifs is 1. The molecule has 0 fully saturated rings. The van der Waals surface area contributed by atoms with Crippen molar-refractivity contribution in [3.63, 3.8) is 0 Å². The molecule has 166 valence electrons. The lowest BCUT2D eigenvalue weighted by Crippen LogP contribution is -2.30. The van der Waals surface area contributed by atoms with Crippen LogP contribution in [0.1, 0.15) is 37.5 Å². The highest BCUT2D eigenvalue weighted by molar-refractivity contribution is 7.99. The third-order valence-electron chi connectivity index (χ3n) is 5.11. The maximum absolute atomic E-state index is 12.4. The van der Waals surface area contributed by atoms with E-state index in [9.17, 15) is 24.5 Å². The summed E-state index contributed by atoms with van der Waals surface area (Å²) in [7, 11) is 0. The first-order chi connectivity index (χ1) is 15.9. The Morgan fingerprint density at radius 1 is 0.939 bits per heavy atom. The summed E-state index contributed by atoms with van der Waals surface area (Å²) in [4.78, 5) is 49.7. The molecule has 0 atom stereocenters. The second-order valence-corrected chi connectivity index (χ2v) is 8.46. The monoisotopic (exact) mass is 461 g/mol. The predicted molar refractivity (Wildman–Crippen MR) is 125 cm³/mol. The van der Waals surface area contributed by atoms with E-state index in [-0.39, 0.29) is 23.4 Å². The molecular formula is C24H19N3O5S. The number of hydrogen-bond donors (Lipinski definition) is 1. The molecule has 0 aliphatic carbocycles. The zero-order valence-electron chi connectivity index (χ0n) is 17.4. The Kier molecular flexibility index (Phi) is 6.50. The Labute approximate surface area is 193 Å². The number of thioether (sulfide) groups is 1.